The summed E-state index contributed by atoms with van der Waals surface area (Å²) in [6.07, 6.45) is 2.50. The molecule has 0 radical (unpaired) electrons. The minimum absolute atomic E-state index is 0.0760. The van der Waals surface area contributed by atoms with Crippen molar-refractivity contribution in [2.24, 2.45) is 0 Å². The van der Waals surface area contributed by atoms with Crippen LogP contribution in [0, 0.1) is 6.92 Å². The van der Waals surface area contributed by atoms with Crippen LogP contribution in [0.15, 0.2) is 41.4 Å². The van der Waals surface area contributed by atoms with Crippen LogP contribution in [-0.2, 0) is 10.0 Å². The first-order chi connectivity index (χ1) is 12.1. The fraction of sp³-hybridized carbons (Fsp3) is 0.444. The van der Waals surface area contributed by atoms with Crippen LogP contribution in [0.25, 0.3) is 11.3 Å². The van der Waals surface area contributed by atoms with Crippen molar-refractivity contribution in [1.29, 1.82) is 0 Å². The van der Waals surface area contributed by atoms with E-state index in [1.54, 1.807) is 17.3 Å². The van der Waals surface area contributed by atoms with E-state index in [2.05, 4.69) is 15.1 Å². The van der Waals surface area contributed by atoms with Crippen LogP contribution < -0.4 is 0 Å². The van der Waals surface area contributed by atoms with Crippen molar-refractivity contribution in [3.05, 3.63) is 42.0 Å². The summed E-state index contributed by atoms with van der Waals surface area (Å²) in [5, 5.41) is 8.31. The highest BCUT2D eigenvalue weighted by Gasteiger charge is 2.36. The van der Waals surface area contributed by atoms with E-state index < -0.39 is 10.0 Å². The topological polar surface area (TPSA) is 66.4 Å². The molecule has 1 aromatic carbocycles. The predicted octanol–water partition coefficient (Wildman–Crippen LogP) is 1.92. The summed E-state index contributed by atoms with van der Waals surface area (Å²) in [5.74, 6) is 0. The highest BCUT2D eigenvalue weighted by atomic mass is 32.2. The third kappa shape index (κ3) is 3.31. The molecule has 2 aliphatic rings. The molecular formula is C18H22N4O2S. The van der Waals surface area contributed by atoms with Gasteiger partial charge in [-0.25, -0.2) is 8.42 Å². The second kappa shape index (κ2) is 6.48. The molecule has 1 saturated heterocycles. The molecule has 0 amide bonds. The van der Waals surface area contributed by atoms with Crippen molar-refractivity contribution in [3.63, 3.8) is 0 Å². The Bertz CT molecular complexity index is 858. The van der Waals surface area contributed by atoms with E-state index >= 15 is 0 Å². The molecule has 0 bridgehead atoms. The van der Waals surface area contributed by atoms with Gasteiger partial charge in [-0.15, -0.1) is 10.2 Å². The Morgan fingerprint density at radius 3 is 2.28 bits per heavy atom. The highest BCUT2D eigenvalue weighted by Crippen LogP contribution is 2.29. The Labute approximate surface area is 148 Å². The molecule has 2 fully saturated rings. The zero-order valence-electron chi connectivity index (χ0n) is 14.3. The van der Waals surface area contributed by atoms with Gasteiger partial charge in [0.2, 0.25) is 0 Å². The number of benzene rings is 1. The molecule has 0 N–H and O–H groups in total. The minimum Gasteiger partial charge on any atom is -0.298 e. The van der Waals surface area contributed by atoms with Crippen LogP contribution in [0.2, 0.25) is 0 Å². The zero-order chi connectivity index (χ0) is 17.4. The van der Waals surface area contributed by atoms with Crippen LogP contribution in [0.5, 0.6) is 0 Å². The predicted molar refractivity (Wildman–Crippen MR) is 95.6 cm³/mol. The monoisotopic (exact) mass is 358 g/mol. The SMILES string of the molecule is Cc1cc(-c2ccccc2)nnc1S(=O)(=O)N1CCN(C2CC2)CC1. The van der Waals surface area contributed by atoms with Gasteiger partial charge in [-0.05, 0) is 31.4 Å². The van der Waals surface area contributed by atoms with Gasteiger partial charge in [-0.2, -0.15) is 4.31 Å². The minimum atomic E-state index is -3.59. The first-order valence-electron chi connectivity index (χ1n) is 8.69. The summed E-state index contributed by atoms with van der Waals surface area (Å²) >= 11 is 0. The van der Waals surface area contributed by atoms with Crippen molar-refractivity contribution >= 4 is 10.0 Å². The number of hydrogen-bond donors (Lipinski definition) is 0. The molecule has 1 aliphatic carbocycles. The second-order valence-corrected chi connectivity index (χ2v) is 8.61. The number of sulfonamides is 1. The lowest BCUT2D eigenvalue weighted by molar-refractivity contribution is 0.180. The smallest absolute Gasteiger partial charge is 0.262 e. The highest BCUT2D eigenvalue weighted by molar-refractivity contribution is 7.89. The lowest BCUT2D eigenvalue weighted by Gasteiger charge is -2.33. The van der Waals surface area contributed by atoms with Gasteiger partial charge < -0.3 is 0 Å². The number of aromatic nitrogens is 2. The quantitative estimate of drug-likeness (QED) is 0.835. The van der Waals surface area contributed by atoms with Crippen molar-refractivity contribution in [2.75, 3.05) is 26.2 Å². The summed E-state index contributed by atoms with van der Waals surface area (Å²) in [6.45, 7) is 4.45. The summed E-state index contributed by atoms with van der Waals surface area (Å²) in [6, 6.07) is 12.1. The molecule has 7 heteroatoms. The normalized spacial score (nSPS) is 19.9. The molecule has 0 unspecified atom stereocenters. The van der Waals surface area contributed by atoms with Crippen molar-refractivity contribution < 1.29 is 8.42 Å². The molecule has 6 nitrogen and oxygen atoms in total. The maximum absolute atomic E-state index is 13.0. The molecule has 132 valence electrons. The van der Waals surface area contributed by atoms with E-state index in [1.807, 2.05) is 30.3 Å². The molecule has 2 heterocycles. The average molecular weight is 358 g/mol. The number of piperazine rings is 1. The summed E-state index contributed by atoms with van der Waals surface area (Å²) in [5.41, 5.74) is 2.26. The molecule has 25 heavy (non-hydrogen) atoms. The lowest BCUT2D eigenvalue weighted by atomic mass is 10.1. The Balaban J connectivity index is 1.56. The van der Waals surface area contributed by atoms with Crippen LogP contribution in [0.1, 0.15) is 18.4 Å². The van der Waals surface area contributed by atoms with Crippen LogP contribution in [0.3, 0.4) is 0 Å². The maximum atomic E-state index is 13.0. The van der Waals surface area contributed by atoms with Crippen molar-refractivity contribution in [2.45, 2.75) is 30.8 Å². The van der Waals surface area contributed by atoms with Gasteiger partial charge in [-0.3, -0.25) is 4.90 Å². The average Bonchev–Trinajstić information content (AvgIpc) is 3.47. The Hall–Kier alpha value is -1.83. The first kappa shape index (κ1) is 16.6. The van der Waals surface area contributed by atoms with E-state index in [4.69, 9.17) is 0 Å². The Morgan fingerprint density at radius 2 is 1.68 bits per heavy atom. The van der Waals surface area contributed by atoms with Gasteiger partial charge in [0.25, 0.3) is 10.0 Å². The third-order valence-corrected chi connectivity index (χ3v) is 6.87. The molecular weight excluding hydrogens is 336 g/mol. The van der Waals surface area contributed by atoms with Gasteiger partial charge >= 0.3 is 0 Å². The van der Waals surface area contributed by atoms with E-state index in [9.17, 15) is 8.42 Å². The number of hydrogen-bond acceptors (Lipinski definition) is 5. The van der Waals surface area contributed by atoms with Gasteiger partial charge in [0.05, 0.1) is 5.69 Å². The van der Waals surface area contributed by atoms with Crippen LogP contribution in [0.4, 0.5) is 0 Å². The first-order valence-corrected chi connectivity index (χ1v) is 10.1. The second-order valence-electron chi connectivity index (χ2n) is 6.75. The molecule has 1 aliphatic heterocycles. The maximum Gasteiger partial charge on any atom is 0.262 e. The largest absolute Gasteiger partial charge is 0.298 e. The van der Waals surface area contributed by atoms with Crippen molar-refractivity contribution in [3.8, 4) is 11.3 Å². The molecule has 0 atom stereocenters. The van der Waals surface area contributed by atoms with Gasteiger partial charge in [-0.1, -0.05) is 30.3 Å². The van der Waals surface area contributed by atoms with Crippen molar-refractivity contribution in [1.82, 2.24) is 19.4 Å². The van der Waals surface area contributed by atoms with Gasteiger partial charge in [0, 0.05) is 37.8 Å². The summed E-state index contributed by atoms with van der Waals surface area (Å²) in [4.78, 5) is 2.39. The standard InChI is InChI=1S/C18H22N4O2S/c1-14-13-17(15-5-3-2-4-6-15)19-20-18(14)25(23,24)22-11-9-21(10-12-22)16-7-8-16/h2-6,13,16H,7-12H2,1H3. The Kier molecular flexibility index (Phi) is 4.31. The number of nitrogens with zero attached hydrogens (tertiary/aromatic N) is 4. The Morgan fingerprint density at radius 1 is 1.00 bits per heavy atom. The number of aryl methyl sites for hydroxylation is 1. The zero-order valence-corrected chi connectivity index (χ0v) is 15.1. The lowest BCUT2D eigenvalue weighted by Crippen LogP contribution is -2.49. The fourth-order valence-electron chi connectivity index (χ4n) is 3.35. The van der Waals surface area contributed by atoms with E-state index in [-0.39, 0.29) is 5.03 Å². The molecule has 1 aromatic heterocycles. The van der Waals surface area contributed by atoms with E-state index in [0.717, 1.165) is 18.7 Å². The number of rotatable bonds is 4. The summed E-state index contributed by atoms with van der Waals surface area (Å²) < 4.78 is 27.5. The van der Waals surface area contributed by atoms with Gasteiger partial charge in [0.15, 0.2) is 5.03 Å². The third-order valence-electron chi connectivity index (χ3n) is 4.93. The van der Waals surface area contributed by atoms with E-state index in [1.165, 1.54) is 12.8 Å². The fourth-order valence-corrected chi connectivity index (χ4v) is 4.85. The molecule has 2 aromatic rings. The molecule has 1 saturated carbocycles. The molecule has 4 rings (SSSR count). The van der Waals surface area contributed by atoms with Crippen LogP contribution >= 0.6 is 0 Å². The van der Waals surface area contributed by atoms with E-state index in [0.29, 0.717) is 30.4 Å². The molecule has 0 spiro atoms. The van der Waals surface area contributed by atoms with Crippen LogP contribution in [-0.4, -0.2) is 60.0 Å². The van der Waals surface area contributed by atoms with Gasteiger partial charge in [0.1, 0.15) is 0 Å². The summed E-state index contributed by atoms with van der Waals surface area (Å²) in [7, 11) is -3.59.